The summed E-state index contributed by atoms with van der Waals surface area (Å²) in [6.07, 6.45) is 6.96. The second-order valence-corrected chi connectivity index (χ2v) is 6.19. The number of aryl methyl sites for hydroxylation is 1. The summed E-state index contributed by atoms with van der Waals surface area (Å²) >= 11 is 1.67. The van der Waals surface area contributed by atoms with Crippen LogP contribution in [0.1, 0.15) is 49.7 Å². The third-order valence-corrected chi connectivity index (χ3v) is 4.63. The molecule has 1 N–H and O–H groups in total. The zero-order chi connectivity index (χ0) is 11.6. The zero-order valence-electron chi connectivity index (χ0n) is 10.2. The number of hydrogen-bond acceptors (Lipinski definition) is 3. The lowest BCUT2D eigenvalue weighted by molar-refractivity contribution is -0.0159. The minimum absolute atomic E-state index is 0.463. The summed E-state index contributed by atoms with van der Waals surface area (Å²) in [7, 11) is 0. The fraction of sp³-hybridized carbons (Fsp3) is 0.769. The van der Waals surface area contributed by atoms with Gasteiger partial charge in [0.15, 0.2) is 0 Å². The number of thiazole rings is 1. The summed E-state index contributed by atoms with van der Waals surface area (Å²) in [6, 6.07) is 0. The molecule has 0 radical (unpaired) electrons. The van der Waals surface area contributed by atoms with E-state index >= 15 is 0 Å². The number of hydrogen-bond donors (Lipinski definition) is 1. The Labute approximate surface area is 102 Å². The average Bonchev–Trinajstić information content (AvgIpc) is 2.64. The van der Waals surface area contributed by atoms with Crippen LogP contribution in [0.15, 0.2) is 5.38 Å². The topological polar surface area (TPSA) is 33.1 Å². The van der Waals surface area contributed by atoms with E-state index in [0.29, 0.717) is 5.92 Å². The molecule has 1 fully saturated rings. The van der Waals surface area contributed by atoms with Crippen LogP contribution in [0.25, 0.3) is 0 Å². The first kappa shape index (κ1) is 12.1. The average molecular weight is 239 g/mol. The summed E-state index contributed by atoms with van der Waals surface area (Å²) in [5, 5.41) is 13.7. The van der Waals surface area contributed by atoms with Crippen molar-refractivity contribution in [3.63, 3.8) is 0 Å². The van der Waals surface area contributed by atoms with Gasteiger partial charge in [0.25, 0.3) is 0 Å². The molecule has 16 heavy (non-hydrogen) atoms. The van der Waals surface area contributed by atoms with Crippen molar-refractivity contribution in [2.45, 2.75) is 58.0 Å². The molecule has 90 valence electrons. The van der Waals surface area contributed by atoms with E-state index in [2.05, 4.69) is 10.4 Å². The molecule has 0 aromatic carbocycles. The van der Waals surface area contributed by atoms with Gasteiger partial charge in [-0.25, -0.2) is 4.98 Å². The normalized spacial score (nSPS) is 21.9. The van der Waals surface area contributed by atoms with E-state index in [0.717, 1.165) is 17.1 Å². The van der Waals surface area contributed by atoms with Gasteiger partial charge < -0.3 is 5.11 Å². The second-order valence-electron chi connectivity index (χ2n) is 5.25. The highest BCUT2D eigenvalue weighted by atomic mass is 32.1. The molecule has 1 saturated carbocycles. The molecular weight excluding hydrogens is 218 g/mol. The molecule has 1 aliphatic carbocycles. The largest absolute Gasteiger partial charge is 0.389 e. The van der Waals surface area contributed by atoms with Gasteiger partial charge in [-0.1, -0.05) is 19.3 Å². The number of aliphatic hydroxyl groups is 1. The van der Waals surface area contributed by atoms with Crippen LogP contribution >= 0.6 is 11.3 Å². The predicted octanol–water partition coefficient (Wildman–Crippen LogP) is 3.33. The molecule has 0 spiro atoms. The minimum atomic E-state index is -0.565. The Bertz CT molecular complexity index is 339. The zero-order valence-corrected chi connectivity index (χ0v) is 11.0. The van der Waals surface area contributed by atoms with Crippen molar-refractivity contribution in [3.05, 3.63) is 16.1 Å². The van der Waals surface area contributed by atoms with E-state index in [1.54, 1.807) is 11.3 Å². The van der Waals surface area contributed by atoms with Gasteiger partial charge in [-0.15, -0.1) is 11.3 Å². The lowest BCUT2D eigenvalue weighted by Crippen LogP contribution is -2.38. The maximum absolute atomic E-state index is 10.6. The summed E-state index contributed by atoms with van der Waals surface area (Å²) < 4.78 is 0. The lowest BCUT2D eigenvalue weighted by atomic mass is 9.76. The summed E-state index contributed by atoms with van der Waals surface area (Å²) in [5.41, 5.74) is 0.504. The van der Waals surface area contributed by atoms with Crippen molar-refractivity contribution in [2.75, 3.05) is 0 Å². The highest BCUT2D eigenvalue weighted by molar-refractivity contribution is 7.09. The van der Waals surface area contributed by atoms with Crippen LogP contribution in [0, 0.1) is 12.8 Å². The molecule has 1 aromatic rings. The first-order valence-corrected chi connectivity index (χ1v) is 7.09. The van der Waals surface area contributed by atoms with Gasteiger partial charge >= 0.3 is 0 Å². The quantitative estimate of drug-likeness (QED) is 0.877. The first-order chi connectivity index (χ1) is 7.58. The van der Waals surface area contributed by atoms with Gasteiger partial charge in [-0.2, -0.15) is 0 Å². The van der Waals surface area contributed by atoms with Crippen LogP contribution in [-0.2, 0) is 6.42 Å². The van der Waals surface area contributed by atoms with Gasteiger partial charge in [0.05, 0.1) is 10.6 Å². The van der Waals surface area contributed by atoms with Crippen LogP contribution in [0.4, 0.5) is 0 Å². The maximum atomic E-state index is 10.6. The smallest absolute Gasteiger partial charge is 0.0956 e. The van der Waals surface area contributed by atoms with Crippen molar-refractivity contribution in [3.8, 4) is 0 Å². The predicted molar refractivity (Wildman–Crippen MR) is 67.8 cm³/mol. The van der Waals surface area contributed by atoms with Crippen LogP contribution in [-0.4, -0.2) is 15.7 Å². The Balaban J connectivity index is 2.00. The molecule has 3 heteroatoms. The monoisotopic (exact) mass is 239 g/mol. The van der Waals surface area contributed by atoms with Crippen LogP contribution in [0.3, 0.4) is 0 Å². The fourth-order valence-corrected chi connectivity index (χ4v) is 3.59. The number of rotatable bonds is 3. The van der Waals surface area contributed by atoms with Gasteiger partial charge in [-0.3, -0.25) is 0 Å². The molecule has 0 aliphatic heterocycles. The molecule has 2 nitrogen and oxygen atoms in total. The molecule has 1 unspecified atom stereocenters. The van der Waals surface area contributed by atoms with E-state index in [4.69, 9.17) is 0 Å². The van der Waals surface area contributed by atoms with E-state index in [9.17, 15) is 5.11 Å². The van der Waals surface area contributed by atoms with E-state index < -0.39 is 5.60 Å². The van der Waals surface area contributed by atoms with Crippen molar-refractivity contribution in [2.24, 2.45) is 5.92 Å². The third kappa shape index (κ3) is 2.83. The van der Waals surface area contributed by atoms with E-state index in [-0.39, 0.29) is 0 Å². The van der Waals surface area contributed by atoms with Gasteiger partial charge in [-0.05, 0) is 32.6 Å². The SMILES string of the molecule is Cc1csc(CC(C)(O)C2CCCCC2)n1. The Morgan fingerprint density at radius 3 is 2.69 bits per heavy atom. The van der Waals surface area contributed by atoms with Crippen molar-refractivity contribution >= 4 is 11.3 Å². The molecule has 1 heterocycles. The number of aromatic nitrogens is 1. The summed E-state index contributed by atoms with van der Waals surface area (Å²) in [6.45, 7) is 4.00. The molecule has 0 amide bonds. The van der Waals surface area contributed by atoms with Crippen LogP contribution in [0.5, 0.6) is 0 Å². The maximum Gasteiger partial charge on any atom is 0.0956 e. The standard InChI is InChI=1S/C13H21NOS/c1-10-9-16-12(14-10)8-13(2,15)11-6-4-3-5-7-11/h9,11,15H,3-8H2,1-2H3. The third-order valence-electron chi connectivity index (χ3n) is 3.66. The fourth-order valence-electron chi connectivity index (χ4n) is 2.66. The van der Waals surface area contributed by atoms with E-state index in [1.165, 1.54) is 32.1 Å². The molecule has 1 atom stereocenters. The molecule has 0 bridgehead atoms. The Hall–Kier alpha value is -0.410. The first-order valence-electron chi connectivity index (χ1n) is 6.21. The molecule has 1 aliphatic rings. The van der Waals surface area contributed by atoms with Gasteiger partial charge in [0.1, 0.15) is 0 Å². The highest BCUT2D eigenvalue weighted by Gasteiger charge is 2.33. The van der Waals surface area contributed by atoms with Gasteiger partial charge in [0.2, 0.25) is 0 Å². The molecule has 0 saturated heterocycles. The number of nitrogens with zero attached hydrogens (tertiary/aromatic N) is 1. The molecule has 1 aromatic heterocycles. The lowest BCUT2D eigenvalue weighted by Gasteiger charge is -2.35. The molecular formula is C13H21NOS. The van der Waals surface area contributed by atoms with Crippen molar-refractivity contribution in [1.82, 2.24) is 4.98 Å². The van der Waals surface area contributed by atoms with Crippen molar-refractivity contribution < 1.29 is 5.11 Å². The Morgan fingerprint density at radius 1 is 1.44 bits per heavy atom. The van der Waals surface area contributed by atoms with Crippen LogP contribution < -0.4 is 0 Å². The highest BCUT2D eigenvalue weighted by Crippen LogP contribution is 2.35. The Kier molecular flexibility index (Phi) is 3.65. The second kappa shape index (κ2) is 4.84. The van der Waals surface area contributed by atoms with Crippen molar-refractivity contribution in [1.29, 1.82) is 0 Å². The summed E-state index contributed by atoms with van der Waals surface area (Å²) in [5.74, 6) is 0.463. The van der Waals surface area contributed by atoms with Crippen LogP contribution in [0.2, 0.25) is 0 Å². The van der Waals surface area contributed by atoms with E-state index in [1.807, 2.05) is 13.8 Å². The minimum Gasteiger partial charge on any atom is -0.389 e. The summed E-state index contributed by atoms with van der Waals surface area (Å²) in [4.78, 5) is 4.45. The van der Waals surface area contributed by atoms with Gasteiger partial charge in [0, 0.05) is 17.5 Å². The molecule has 2 rings (SSSR count). The Morgan fingerprint density at radius 2 is 2.12 bits per heavy atom.